The maximum absolute atomic E-state index is 12.4. The molecule has 0 spiro atoms. The van der Waals surface area contributed by atoms with Crippen LogP contribution >= 0.6 is 15.9 Å². The Balaban J connectivity index is 1.66. The van der Waals surface area contributed by atoms with Crippen molar-refractivity contribution >= 4 is 21.8 Å². The van der Waals surface area contributed by atoms with Gasteiger partial charge in [0.05, 0.1) is 6.42 Å². The summed E-state index contributed by atoms with van der Waals surface area (Å²) in [4.78, 5) is 12.4. The van der Waals surface area contributed by atoms with Crippen molar-refractivity contribution in [3.8, 4) is 11.5 Å². The number of rotatable bonds is 3. The van der Waals surface area contributed by atoms with E-state index in [0.717, 1.165) is 28.0 Å². The highest BCUT2D eigenvalue weighted by Crippen LogP contribution is 2.36. The van der Waals surface area contributed by atoms with Gasteiger partial charge in [-0.3, -0.25) is 4.79 Å². The van der Waals surface area contributed by atoms with Gasteiger partial charge >= 0.3 is 0 Å². The lowest BCUT2D eigenvalue weighted by atomic mass is 9.78. The topological polar surface area (TPSA) is 47.6 Å². The first-order chi connectivity index (χ1) is 11.0. The summed E-state index contributed by atoms with van der Waals surface area (Å²) in [5, 5.41) is 3.22. The maximum Gasteiger partial charge on any atom is 0.224 e. The van der Waals surface area contributed by atoms with Crippen molar-refractivity contribution in [3.05, 3.63) is 22.2 Å². The van der Waals surface area contributed by atoms with Gasteiger partial charge in [0.1, 0.15) is 13.2 Å². The van der Waals surface area contributed by atoms with Crippen molar-refractivity contribution in [1.82, 2.24) is 5.32 Å². The van der Waals surface area contributed by atoms with E-state index < -0.39 is 0 Å². The van der Waals surface area contributed by atoms with E-state index in [4.69, 9.17) is 9.47 Å². The Morgan fingerprint density at radius 2 is 1.91 bits per heavy atom. The van der Waals surface area contributed by atoms with Crippen LogP contribution in [0.3, 0.4) is 0 Å². The summed E-state index contributed by atoms with van der Waals surface area (Å²) < 4.78 is 12.1. The van der Waals surface area contributed by atoms with Crippen LogP contribution in [-0.2, 0) is 11.2 Å². The predicted molar refractivity (Wildman–Crippen MR) is 92.9 cm³/mol. The lowest BCUT2D eigenvalue weighted by Gasteiger charge is -2.34. The molecule has 3 atom stereocenters. The van der Waals surface area contributed by atoms with E-state index in [-0.39, 0.29) is 5.91 Å². The number of carbonyl (C=O) groups excluding carboxylic acids is 1. The summed E-state index contributed by atoms with van der Waals surface area (Å²) in [6.07, 6.45) is 3.90. The molecule has 1 aliphatic carbocycles. The van der Waals surface area contributed by atoms with Crippen molar-refractivity contribution in [3.63, 3.8) is 0 Å². The summed E-state index contributed by atoms with van der Waals surface area (Å²) in [5.74, 6) is 2.75. The van der Waals surface area contributed by atoms with Crippen LogP contribution in [0.5, 0.6) is 11.5 Å². The molecule has 1 saturated carbocycles. The fourth-order valence-corrected chi connectivity index (χ4v) is 3.92. The third kappa shape index (κ3) is 3.82. The lowest BCUT2D eigenvalue weighted by molar-refractivity contribution is -0.121. The van der Waals surface area contributed by atoms with Gasteiger partial charge in [-0.15, -0.1) is 0 Å². The first-order valence-electron chi connectivity index (χ1n) is 8.42. The number of hydrogen-bond donors (Lipinski definition) is 1. The molecule has 1 fully saturated rings. The van der Waals surface area contributed by atoms with Crippen LogP contribution < -0.4 is 14.8 Å². The number of fused-ring (bicyclic) bond motifs is 1. The number of halogens is 1. The van der Waals surface area contributed by atoms with Crippen LogP contribution in [0.2, 0.25) is 0 Å². The minimum absolute atomic E-state index is 0.0772. The molecule has 1 amide bonds. The highest BCUT2D eigenvalue weighted by Gasteiger charge is 2.28. The second kappa shape index (κ2) is 7.12. The van der Waals surface area contributed by atoms with E-state index in [1.165, 1.54) is 12.8 Å². The number of hydrogen-bond acceptors (Lipinski definition) is 3. The van der Waals surface area contributed by atoms with Gasteiger partial charge in [0.25, 0.3) is 0 Å². The predicted octanol–water partition coefficient (Wildman–Crippen LogP) is 3.70. The van der Waals surface area contributed by atoms with E-state index >= 15 is 0 Å². The smallest absolute Gasteiger partial charge is 0.224 e. The van der Waals surface area contributed by atoms with E-state index in [0.29, 0.717) is 37.5 Å². The van der Waals surface area contributed by atoms with E-state index in [2.05, 4.69) is 35.1 Å². The monoisotopic (exact) mass is 381 g/mol. The van der Waals surface area contributed by atoms with Crippen molar-refractivity contribution in [2.24, 2.45) is 11.8 Å². The largest absolute Gasteiger partial charge is 0.486 e. The first-order valence-corrected chi connectivity index (χ1v) is 9.21. The standard InChI is InChI=1S/C18H24BrNO3/c1-11-4-3-5-15(12(11)2)20-18(21)9-13-8-16-17(10-14(13)19)23-7-6-22-16/h8,10-12,15H,3-7,9H2,1-2H3,(H,20,21). The second-order valence-electron chi connectivity index (χ2n) is 6.71. The van der Waals surface area contributed by atoms with Crippen molar-refractivity contribution in [2.75, 3.05) is 13.2 Å². The molecule has 0 saturated heterocycles. The van der Waals surface area contributed by atoms with Gasteiger partial charge in [-0.25, -0.2) is 0 Å². The Labute approximate surface area is 146 Å². The minimum atomic E-state index is 0.0772. The molecule has 3 rings (SSSR count). The Kier molecular flexibility index (Phi) is 5.14. The van der Waals surface area contributed by atoms with Crippen molar-refractivity contribution < 1.29 is 14.3 Å². The SMILES string of the molecule is CC1CCCC(NC(=O)Cc2cc3c(cc2Br)OCCO3)C1C. The second-order valence-corrected chi connectivity index (χ2v) is 7.56. The molecule has 1 heterocycles. The van der Waals surface area contributed by atoms with Crippen LogP contribution in [0, 0.1) is 11.8 Å². The molecule has 5 heteroatoms. The number of benzene rings is 1. The van der Waals surface area contributed by atoms with Gasteiger partial charge in [0.15, 0.2) is 11.5 Å². The number of carbonyl (C=O) groups is 1. The van der Waals surface area contributed by atoms with Gasteiger partial charge in [-0.05, 0) is 36.0 Å². The lowest BCUT2D eigenvalue weighted by Crippen LogP contribution is -2.44. The van der Waals surface area contributed by atoms with Crippen LogP contribution in [0.15, 0.2) is 16.6 Å². The van der Waals surface area contributed by atoms with Crippen LogP contribution in [0.25, 0.3) is 0 Å². The Bertz CT molecular complexity index is 590. The first kappa shape index (κ1) is 16.6. The molecule has 1 N–H and O–H groups in total. The molecule has 0 radical (unpaired) electrons. The molecule has 3 unspecified atom stereocenters. The zero-order valence-electron chi connectivity index (χ0n) is 13.7. The fraction of sp³-hybridized carbons (Fsp3) is 0.611. The van der Waals surface area contributed by atoms with Crippen LogP contribution in [-0.4, -0.2) is 25.2 Å². The van der Waals surface area contributed by atoms with Gasteiger partial charge < -0.3 is 14.8 Å². The third-order valence-corrected chi connectivity index (χ3v) is 5.85. The number of amides is 1. The molecule has 1 aromatic carbocycles. The Morgan fingerprint density at radius 3 is 2.65 bits per heavy atom. The highest BCUT2D eigenvalue weighted by molar-refractivity contribution is 9.10. The van der Waals surface area contributed by atoms with E-state index in [1.54, 1.807) is 0 Å². The van der Waals surface area contributed by atoms with Crippen LogP contribution in [0.4, 0.5) is 0 Å². The molecule has 2 aliphatic rings. The average molecular weight is 382 g/mol. The minimum Gasteiger partial charge on any atom is -0.486 e. The fourth-order valence-electron chi connectivity index (χ4n) is 3.46. The van der Waals surface area contributed by atoms with Gasteiger partial charge in [-0.2, -0.15) is 0 Å². The van der Waals surface area contributed by atoms with Crippen molar-refractivity contribution in [2.45, 2.75) is 45.6 Å². The summed E-state index contributed by atoms with van der Waals surface area (Å²) in [6, 6.07) is 4.09. The molecule has 1 aliphatic heterocycles. The third-order valence-electron chi connectivity index (χ3n) is 5.12. The number of ether oxygens (including phenoxy) is 2. The average Bonchev–Trinajstić information content (AvgIpc) is 2.52. The summed E-state index contributed by atoms with van der Waals surface area (Å²) in [6.45, 7) is 5.64. The number of nitrogens with one attached hydrogen (secondary N) is 1. The van der Waals surface area contributed by atoms with E-state index in [9.17, 15) is 4.79 Å². The molecule has 0 bridgehead atoms. The normalized spacial score (nSPS) is 26.7. The molecular formula is C18H24BrNO3. The molecule has 1 aromatic rings. The molecule has 4 nitrogen and oxygen atoms in total. The summed E-state index contributed by atoms with van der Waals surface area (Å²) in [7, 11) is 0. The maximum atomic E-state index is 12.4. The van der Waals surface area contributed by atoms with Gasteiger partial charge in [0.2, 0.25) is 5.91 Å². The zero-order valence-corrected chi connectivity index (χ0v) is 15.3. The Hall–Kier alpha value is -1.23. The Morgan fingerprint density at radius 1 is 1.22 bits per heavy atom. The summed E-state index contributed by atoms with van der Waals surface area (Å²) in [5.41, 5.74) is 0.934. The molecular weight excluding hydrogens is 358 g/mol. The summed E-state index contributed by atoms with van der Waals surface area (Å²) >= 11 is 3.53. The van der Waals surface area contributed by atoms with E-state index in [1.807, 2.05) is 12.1 Å². The quantitative estimate of drug-likeness (QED) is 0.867. The molecule has 126 valence electrons. The zero-order chi connectivity index (χ0) is 16.4. The van der Waals surface area contributed by atoms with Gasteiger partial charge in [0, 0.05) is 10.5 Å². The van der Waals surface area contributed by atoms with Gasteiger partial charge in [-0.1, -0.05) is 42.6 Å². The highest BCUT2D eigenvalue weighted by atomic mass is 79.9. The molecule has 0 aromatic heterocycles. The van der Waals surface area contributed by atoms with Crippen LogP contribution in [0.1, 0.15) is 38.7 Å². The molecule has 23 heavy (non-hydrogen) atoms. The van der Waals surface area contributed by atoms with Crippen molar-refractivity contribution in [1.29, 1.82) is 0 Å².